The predicted molar refractivity (Wildman–Crippen MR) is 83.7 cm³/mol. The van der Waals surface area contributed by atoms with Gasteiger partial charge in [0, 0.05) is 19.8 Å². The first-order valence-electron chi connectivity index (χ1n) is 7.96. The zero-order valence-corrected chi connectivity index (χ0v) is 12.9. The summed E-state index contributed by atoms with van der Waals surface area (Å²) in [6, 6.07) is 8.03. The van der Waals surface area contributed by atoms with Crippen molar-refractivity contribution >= 4 is 0 Å². The number of aliphatic hydroxyl groups is 1. The monoisotopic (exact) mass is 293 g/mol. The van der Waals surface area contributed by atoms with Gasteiger partial charge in [-0.3, -0.25) is 0 Å². The molecule has 118 valence electrons. The van der Waals surface area contributed by atoms with E-state index in [9.17, 15) is 5.11 Å². The second-order valence-electron chi connectivity index (χ2n) is 5.68. The van der Waals surface area contributed by atoms with Crippen LogP contribution in [0.2, 0.25) is 0 Å². The molecular formula is C17H27NO3. The lowest BCUT2D eigenvalue weighted by atomic mass is 10.0. The molecule has 0 aliphatic carbocycles. The number of rotatable bonds is 8. The first-order chi connectivity index (χ1) is 10.3. The number of benzene rings is 1. The maximum absolute atomic E-state index is 9.95. The molecule has 1 aliphatic heterocycles. The molecule has 0 bridgehead atoms. The Morgan fingerprint density at radius 1 is 1.38 bits per heavy atom. The lowest BCUT2D eigenvalue weighted by Gasteiger charge is -2.23. The van der Waals surface area contributed by atoms with Crippen LogP contribution in [0.4, 0.5) is 0 Å². The molecule has 0 radical (unpaired) electrons. The molecule has 2 N–H and O–H groups in total. The minimum atomic E-state index is -0.477. The van der Waals surface area contributed by atoms with E-state index >= 15 is 0 Å². The molecule has 0 amide bonds. The lowest BCUT2D eigenvalue weighted by molar-refractivity contribution is 0.0630. The number of ether oxygens (including phenoxy) is 2. The Balaban J connectivity index is 1.61. The smallest absolute Gasteiger partial charge is 0.119 e. The fourth-order valence-electron chi connectivity index (χ4n) is 2.51. The SMILES string of the molecule is CCc1cccc(OCC(O)CNCC2CCOCC2)c1. The molecule has 1 aromatic rings. The van der Waals surface area contributed by atoms with Gasteiger partial charge in [0.05, 0.1) is 0 Å². The minimum Gasteiger partial charge on any atom is -0.491 e. The molecule has 1 heterocycles. The molecule has 4 heteroatoms. The van der Waals surface area contributed by atoms with Crippen LogP contribution in [0, 0.1) is 5.92 Å². The van der Waals surface area contributed by atoms with E-state index in [4.69, 9.17) is 9.47 Å². The van der Waals surface area contributed by atoms with Crippen LogP contribution < -0.4 is 10.1 Å². The summed E-state index contributed by atoms with van der Waals surface area (Å²) in [5.74, 6) is 1.51. The summed E-state index contributed by atoms with van der Waals surface area (Å²) in [7, 11) is 0. The van der Waals surface area contributed by atoms with Gasteiger partial charge in [0.25, 0.3) is 0 Å². The molecule has 0 spiro atoms. The van der Waals surface area contributed by atoms with Crippen LogP contribution in [0.1, 0.15) is 25.3 Å². The van der Waals surface area contributed by atoms with Crippen LogP contribution in [0.25, 0.3) is 0 Å². The van der Waals surface area contributed by atoms with E-state index in [1.165, 1.54) is 5.56 Å². The quantitative estimate of drug-likeness (QED) is 0.770. The predicted octanol–water partition coefficient (Wildman–Crippen LogP) is 2.00. The minimum absolute atomic E-state index is 0.327. The van der Waals surface area contributed by atoms with Crippen molar-refractivity contribution in [2.24, 2.45) is 5.92 Å². The Morgan fingerprint density at radius 3 is 2.95 bits per heavy atom. The van der Waals surface area contributed by atoms with E-state index in [1.807, 2.05) is 18.2 Å². The highest BCUT2D eigenvalue weighted by Crippen LogP contribution is 2.14. The molecule has 1 saturated heterocycles. The first-order valence-corrected chi connectivity index (χ1v) is 7.96. The van der Waals surface area contributed by atoms with Gasteiger partial charge >= 0.3 is 0 Å². The average molecular weight is 293 g/mol. The van der Waals surface area contributed by atoms with Gasteiger partial charge in [-0.1, -0.05) is 19.1 Å². The first kappa shape index (κ1) is 16.3. The third-order valence-electron chi connectivity index (χ3n) is 3.90. The average Bonchev–Trinajstić information content (AvgIpc) is 2.54. The van der Waals surface area contributed by atoms with Gasteiger partial charge in [-0.2, -0.15) is 0 Å². The molecule has 1 aliphatic rings. The van der Waals surface area contributed by atoms with E-state index in [1.54, 1.807) is 0 Å². The van der Waals surface area contributed by atoms with Gasteiger partial charge in [-0.05, 0) is 49.4 Å². The molecule has 4 nitrogen and oxygen atoms in total. The van der Waals surface area contributed by atoms with Crippen LogP contribution in [0.15, 0.2) is 24.3 Å². The third-order valence-corrected chi connectivity index (χ3v) is 3.90. The Bertz CT molecular complexity index is 405. The van der Waals surface area contributed by atoms with Crippen molar-refractivity contribution in [3.8, 4) is 5.75 Å². The molecule has 1 fully saturated rings. The molecule has 1 aromatic carbocycles. The van der Waals surface area contributed by atoms with Crippen LogP contribution >= 0.6 is 0 Å². The zero-order chi connectivity index (χ0) is 14.9. The van der Waals surface area contributed by atoms with Gasteiger partial charge in [0.1, 0.15) is 18.5 Å². The standard InChI is InChI=1S/C17H27NO3/c1-2-14-4-3-5-17(10-14)21-13-16(19)12-18-11-15-6-8-20-9-7-15/h3-5,10,15-16,18-19H,2,6-9,11-13H2,1H3. The van der Waals surface area contributed by atoms with Gasteiger partial charge in [0.2, 0.25) is 0 Å². The fourth-order valence-corrected chi connectivity index (χ4v) is 2.51. The third kappa shape index (κ3) is 6.04. The highest BCUT2D eigenvalue weighted by atomic mass is 16.5. The highest BCUT2D eigenvalue weighted by Gasteiger charge is 2.14. The normalized spacial score (nSPS) is 17.6. The summed E-state index contributed by atoms with van der Waals surface area (Å²) in [4.78, 5) is 0. The summed E-state index contributed by atoms with van der Waals surface area (Å²) < 4.78 is 11.0. The van der Waals surface area contributed by atoms with E-state index in [2.05, 4.69) is 18.3 Å². The number of aliphatic hydroxyl groups excluding tert-OH is 1. The molecule has 2 rings (SSSR count). The maximum atomic E-state index is 9.95. The summed E-state index contributed by atoms with van der Waals surface area (Å²) in [6.45, 7) is 5.70. The van der Waals surface area contributed by atoms with Crippen molar-refractivity contribution in [2.75, 3.05) is 32.9 Å². The Morgan fingerprint density at radius 2 is 2.19 bits per heavy atom. The highest BCUT2D eigenvalue weighted by molar-refractivity contribution is 5.28. The van der Waals surface area contributed by atoms with Crippen LogP contribution in [0.5, 0.6) is 5.75 Å². The van der Waals surface area contributed by atoms with E-state index < -0.39 is 6.10 Å². The van der Waals surface area contributed by atoms with Crippen molar-refractivity contribution in [3.05, 3.63) is 29.8 Å². The number of nitrogens with one attached hydrogen (secondary N) is 1. The second-order valence-corrected chi connectivity index (χ2v) is 5.68. The summed E-state index contributed by atoms with van der Waals surface area (Å²) in [5.41, 5.74) is 1.25. The maximum Gasteiger partial charge on any atom is 0.119 e. The van der Waals surface area contributed by atoms with Gasteiger partial charge in [-0.15, -0.1) is 0 Å². The Kier molecular flexibility index (Phi) is 7.00. The lowest BCUT2D eigenvalue weighted by Crippen LogP contribution is -2.35. The largest absolute Gasteiger partial charge is 0.491 e. The Hall–Kier alpha value is -1.10. The van der Waals surface area contributed by atoms with E-state index in [-0.39, 0.29) is 0 Å². The van der Waals surface area contributed by atoms with Crippen LogP contribution in [-0.2, 0) is 11.2 Å². The topological polar surface area (TPSA) is 50.7 Å². The van der Waals surface area contributed by atoms with Crippen LogP contribution in [-0.4, -0.2) is 44.1 Å². The van der Waals surface area contributed by atoms with Crippen molar-refractivity contribution in [1.82, 2.24) is 5.32 Å². The van der Waals surface area contributed by atoms with E-state index in [0.29, 0.717) is 19.1 Å². The fraction of sp³-hybridized carbons (Fsp3) is 0.647. The molecule has 21 heavy (non-hydrogen) atoms. The number of hydrogen-bond donors (Lipinski definition) is 2. The van der Waals surface area contributed by atoms with Gasteiger partial charge in [-0.25, -0.2) is 0 Å². The van der Waals surface area contributed by atoms with Crippen molar-refractivity contribution in [2.45, 2.75) is 32.3 Å². The van der Waals surface area contributed by atoms with Crippen molar-refractivity contribution in [1.29, 1.82) is 0 Å². The molecule has 1 atom stereocenters. The van der Waals surface area contributed by atoms with Crippen molar-refractivity contribution < 1.29 is 14.6 Å². The molecule has 1 unspecified atom stereocenters. The molecule has 0 saturated carbocycles. The molecule has 0 aromatic heterocycles. The summed E-state index contributed by atoms with van der Waals surface area (Å²) in [6.07, 6.45) is 2.74. The summed E-state index contributed by atoms with van der Waals surface area (Å²) >= 11 is 0. The zero-order valence-electron chi connectivity index (χ0n) is 12.9. The van der Waals surface area contributed by atoms with Gasteiger partial charge < -0.3 is 19.9 Å². The Labute approximate surface area is 127 Å². The number of hydrogen-bond acceptors (Lipinski definition) is 4. The number of aryl methyl sites for hydroxylation is 1. The van der Waals surface area contributed by atoms with Gasteiger partial charge in [0.15, 0.2) is 0 Å². The van der Waals surface area contributed by atoms with E-state index in [0.717, 1.165) is 44.8 Å². The van der Waals surface area contributed by atoms with Crippen LogP contribution in [0.3, 0.4) is 0 Å². The molecular weight excluding hydrogens is 266 g/mol. The summed E-state index contributed by atoms with van der Waals surface area (Å²) in [5, 5.41) is 13.3. The van der Waals surface area contributed by atoms with Crippen molar-refractivity contribution in [3.63, 3.8) is 0 Å². The second kappa shape index (κ2) is 9.03.